The zero-order valence-electron chi connectivity index (χ0n) is 15.8. The summed E-state index contributed by atoms with van der Waals surface area (Å²) < 4.78 is 25.4. The summed E-state index contributed by atoms with van der Waals surface area (Å²) in [7, 11) is 1.34. The Labute approximate surface area is 174 Å². The second-order valence-corrected chi connectivity index (χ2v) is 7.64. The SMILES string of the molecule is CCn1c(SCC(=O)OCC(=O)c2ccc(OC)c(F)c2)nnc1-c1cccs1. The van der Waals surface area contributed by atoms with Gasteiger partial charge in [-0.05, 0) is 36.6 Å². The number of hydrogen-bond donors (Lipinski definition) is 0. The lowest BCUT2D eigenvalue weighted by atomic mass is 10.1. The Morgan fingerprint density at radius 3 is 2.76 bits per heavy atom. The summed E-state index contributed by atoms with van der Waals surface area (Å²) in [4.78, 5) is 25.1. The Hall–Kier alpha value is -2.72. The van der Waals surface area contributed by atoms with Crippen LogP contribution in [-0.2, 0) is 16.1 Å². The number of benzene rings is 1. The Bertz CT molecular complexity index is 1010. The molecule has 152 valence electrons. The number of aromatic nitrogens is 3. The highest BCUT2D eigenvalue weighted by molar-refractivity contribution is 7.99. The standard InChI is InChI=1S/C19H18FN3O4S2/c1-3-23-18(16-5-4-8-28-16)21-22-19(23)29-11-17(25)27-10-14(24)12-6-7-15(26-2)13(20)9-12/h4-9H,3,10-11H2,1-2H3. The third kappa shape index (κ3) is 5.01. The molecule has 7 nitrogen and oxygen atoms in total. The Morgan fingerprint density at radius 1 is 1.28 bits per heavy atom. The van der Waals surface area contributed by atoms with Crippen molar-refractivity contribution in [1.29, 1.82) is 0 Å². The molecular formula is C19H18FN3O4S2. The first kappa shape index (κ1) is 21.0. The number of hydrogen-bond acceptors (Lipinski definition) is 8. The van der Waals surface area contributed by atoms with Crippen LogP contribution in [0.3, 0.4) is 0 Å². The summed E-state index contributed by atoms with van der Waals surface area (Å²) in [5.74, 6) is -0.956. The lowest BCUT2D eigenvalue weighted by Crippen LogP contribution is -2.16. The highest BCUT2D eigenvalue weighted by atomic mass is 32.2. The molecule has 0 radical (unpaired) electrons. The number of thioether (sulfide) groups is 1. The number of thiophene rings is 1. The quantitative estimate of drug-likeness (QED) is 0.288. The molecule has 0 aliphatic heterocycles. The van der Waals surface area contributed by atoms with Gasteiger partial charge in [-0.2, -0.15) is 0 Å². The van der Waals surface area contributed by atoms with E-state index in [0.717, 1.165) is 16.8 Å². The third-order valence-electron chi connectivity index (χ3n) is 3.93. The Kier molecular flexibility index (Phi) is 6.99. The van der Waals surface area contributed by atoms with E-state index in [4.69, 9.17) is 9.47 Å². The molecule has 0 amide bonds. The number of ketones is 1. The van der Waals surface area contributed by atoms with Crippen molar-refractivity contribution < 1.29 is 23.5 Å². The van der Waals surface area contributed by atoms with Crippen molar-refractivity contribution >= 4 is 34.9 Å². The maximum absolute atomic E-state index is 13.7. The number of esters is 1. The van der Waals surface area contributed by atoms with E-state index in [0.29, 0.717) is 11.7 Å². The number of carbonyl (C=O) groups excluding carboxylic acids is 2. The van der Waals surface area contributed by atoms with Crippen molar-refractivity contribution in [3.8, 4) is 16.5 Å². The topological polar surface area (TPSA) is 83.3 Å². The van der Waals surface area contributed by atoms with Gasteiger partial charge in [0.05, 0.1) is 17.7 Å². The number of Topliss-reactive ketones (excluding diaryl/α,β-unsaturated/α-hetero) is 1. The molecule has 0 N–H and O–H groups in total. The van der Waals surface area contributed by atoms with Crippen LogP contribution >= 0.6 is 23.1 Å². The van der Waals surface area contributed by atoms with E-state index in [-0.39, 0.29) is 17.1 Å². The lowest BCUT2D eigenvalue weighted by Gasteiger charge is -2.07. The van der Waals surface area contributed by atoms with Gasteiger partial charge in [0.1, 0.15) is 0 Å². The van der Waals surface area contributed by atoms with Crippen LogP contribution in [0.25, 0.3) is 10.7 Å². The summed E-state index contributed by atoms with van der Waals surface area (Å²) in [5.41, 5.74) is 0.107. The second kappa shape index (κ2) is 9.66. The summed E-state index contributed by atoms with van der Waals surface area (Å²) in [5, 5.41) is 10.9. The Balaban J connectivity index is 1.54. The van der Waals surface area contributed by atoms with E-state index < -0.39 is 24.2 Å². The van der Waals surface area contributed by atoms with Crippen molar-refractivity contribution in [3.63, 3.8) is 0 Å². The monoisotopic (exact) mass is 435 g/mol. The molecule has 10 heteroatoms. The fourth-order valence-electron chi connectivity index (χ4n) is 2.50. The molecule has 2 aromatic heterocycles. The molecule has 0 saturated heterocycles. The number of methoxy groups -OCH3 is 1. The van der Waals surface area contributed by atoms with Crippen molar-refractivity contribution in [2.45, 2.75) is 18.6 Å². The zero-order chi connectivity index (χ0) is 20.8. The molecule has 0 aliphatic rings. The minimum absolute atomic E-state index is 0.0210. The van der Waals surface area contributed by atoms with E-state index >= 15 is 0 Å². The largest absolute Gasteiger partial charge is 0.494 e. The molecule has 3 rings (SSSR count). The van der Waals surface area contributed by atoms with Gasteiger partial charge in [0.2, 0.25) is 0 Å². The van der Waals surface area contributed by atoms with E-state index in [2.05, 4.69) is 10.2 Å². The van der Waals surface area contributed by atoms with Crippen LogP contribution in [0.4, 0.5) is 4.39 Å². The molecular weight excluding hydrogens is 417 g/mol. The van der Waals surface area contributed by atoms with Crippen molar-refractivity contribution in [2.75, 3.05) is 19.5 Å². The van der Waals surface area contributed by atoms with E-state index in [9.17, 15) is 14.0 Å². The first-order chi connectivity index (χ1) is 14.0. The summed E-state index contributed by atoms with van der Waals surface area (Å²) >= 11 is 2.74. The maximum Gasteiger partial charge on any atom is 0.316 e. The average Bonchev–Trinajstić information content (AvgIpc) is 3.39. The average molecular weight is 436 g/mol. The molecule has 0 aliphatic carbocycles. The van der Waals surface area contributed by atoms with E-state index in [1.54, 1.807) is 11.3 Å². The molecule has 3 aromatic rings. The van der Waals surface area contributed by atoms with Crippen LogP contribution in [0.15, 0.2) is 40.9 Å². The van der Waals surface area contributed by atoms with Crippen LogP contribution in [0, 0.1) is 5.82 Å². The van der Waals surface area contributed by atoms with Gasteiger partial charge in [-0.25, -0.2) is 4.39 Å². The zero-order valence-corrected chi connectivity index (χ0v) is 17.4. The molecule has 29 heavy (non-hydrogen) atoms. The smallest absolute Gasteiger partial charge is 0.316 e. The van der Waals surface area contributed by atoms with Gasteiger partial charge in [-0.3, -0.25) is 9.59 Å². The van der Waals surface area contributed by atoms with Crippen molar-refractivity contribution in [1.82, 2.24) is 14.8 Å². The predicted molar refractivity (Wildman–Crippen MR) is 108 cm³/mol. The second-order valence-electron chi connectivity index (χ2n) is 5.75. The lowest BCUT2D eigenvalue weighted by molar-refractivity contribution is -0.139. The number of carbonyl (C=O) groups is 2. The molecule has 0 saturated carbocycles. The molecule has 2 heterocycles. The molecule has 0 spiro atoms. The molecule has 1 aromatic carbocycles. The van der Waals surface area contributed by atoms with Gasteiger partial charge in [-0.15, -0.1) is 21.5 Å². The van der Waals surface area contributed by atoms with Crippen LogP contribution in [0.5, 0.6) is 5.75 Å². The van der Waals surface area contributed by atoms with Crippen molar-refractivity contribution in [2.24, 2.45) is 0 Å². The molecule has 0 atom stereocenters. The van der Waals surface area contributed by atoms with Gasteiger partial charge < -0.3 is 14.0 Å². The van der Waals surface area contributed by atoms with Crippen LogP contribution in [0.2, 0.25) is 0 Å². The fourth-order valence-corrected chi connectivity index (χ4v) is 4.02. The van der Waals surface area contributed by atoms with Gasteiger partial charge in [0, 0.05) is 12.1 Å². The van der Waals surface area contributed by atoms with Gasteiger partial charge >= 0.3 is 5.97 Å². The number of rotatable bonds is 9. The summed E-state index contributed by atoms with van der Waals surface area (Å²) in [6.45, 7) is 2.15. The number of ether oxygens (including phenoxy) is 2. The van der Waals surface area contributed by atoms with Gasteiger partial charge in [-0.1, -0.05) is 17.8 Å². The molecule has 0 unspecified atom stereocenters. The highest BCUT2D eigenvalue weighted by Gasteiger charge is 2.17. The van der Waals surface area contributed by atoms with E-state index in [1.165, 1.54) is 31.0 Å². The van der Waals surface area contributed by atoms with Crippen LogP contribution in [0.1, 0.15) is 17.3 Å². The normalized spacial score (nSPS) is 10.7. The van der Waals surface area contributed by atoms with Crippen LogP contribution in [-0.4, -0.2) is 46.0 Å². The van der Waals surface area contributed by atoms with Crippen LogP contribution < -0.4 is 4.74 Å². The molecule has 0 bridgehead atoms. The fraction of sp³-hybridized carbons (Fsp3) is 0.263. The number of halogens is 1. The predicted octanol–water partition coefficient (Wildman–Crippen LogP) is 3.69. The molecule has 0 fully saturated rings. The summed E-state index contributed by atoms with van der Waals surface area (Å²) in [6, 6.07) is 7.72. The first-order valence-corrected chi connectivity index (χ1v) is 10.5. The number of nitrogens with zero attached hydrogens (tertiary/aromatic N) is 3. The maximum atomic E-state index is 13.7. The van der Waals surface area contributed by atoms with Gasteiger partial charge in [0.15, 0.2) is 34.9 Å². The highest BCUT2D eigenvalue weighted by Crippen LogP contribution is 2.27. The van der Waals surface area contributed by atoms with Gasteiger partial charge in [0.25, 0.3) is 0 Å². The third-order valence-corrected chi connectivity index (χ3v) is 5.74. The minimum atomic E-state index is -0.652. The minimum Gasteiger partial charge on any atom is -0.494 e. The Morgan fingerprint density at radius 2 is 2.10 bits per heavy atom. The first-order valence-electron chi connectivity index (χ1n) is 8.65. The van der Waals surface area contributed by atoms with E-state index in [1.807, 2.05) is 29.0 Å². The van der Waals surface area contributed by atoms with Crippen molar-refractivity contribution in [3.05, 3.63) is 47.1 Å². The summed E-state index contributed by atoms with van der Waals surface area (Å²) in [6.07, 6.45) is 0.